The Labute approximate surface area is 141 Å². The van der Waals surface area contributed by atoms with Gasteiger partial charge < -0.3 is 4.90 Å². The number of hydrogen-bond donors (Lipinski definition) is 0. The second kappa shape index (κ2) is 6.76. The number of rotatable bonds is 3. The number of halogens is 2. The Hall–Kier alpha value is -1.54. The summed E-state index contributed by atoms with van der Waals surface area (Å²) in [6, 6.07) is 2.95. The average molecular weight is 360 g/mol. The number of carbonyl (C=O) groups excluding carboxylic acids is 1. The minimum atomic E-state index is -4.26. The van der Waals surface area contributed by atoms with Gasteiger partial charge in [0, 0.05) is 32.6 Å². The first-order valence-electron chi connectivity index (χ1n) is 7.74. The Kier molecular flexibility index (Phi) is 5.29. The van der Waals surface area contributed by atoms with Crippen molar-refractivity contribution in [3.05, 3.63) is 29.8 Å². The van der Waals surface area contributed by atoms with Gasteiger partial charge in [0.15, 0.2) is 4.90 Å². The molecule has 8 heteroatoms. The molecule has 134 valence electrons. The van der Waals surface area contributed by atoms with Gasteiger partial charge >= 0.3 is 0 Å². The highest BCUT2D eigenvalue weighted by Gasteiger charge is 2.34. The molecule has 0 bridgehead atoms. The van der Waals surface area contributed by atoms with Crippen molar-refractivity contribution in [1.29, 1.82) is 0 Å². The van der Waals surface area contributed by atoms with Crippen LogP contribution in [0.2, 0.25) is 0 Å². The highest BCUT2D eigenvalue weighted by Crippen LogP contribution is 2.25. The molecule has 1 saturated heterocycles. The van der Waals surface area contributed by atoms with E-state index in [1.807, 2.05) is 20.8 Å². The smallest absolute Gasteiger partial charge is 0.249 e. The van der Waals surface area contributed by atoms with Crippen LogP contribution in [-0.4, -0.2) is 49.7 Å². The molecule has 5 nitrogen and oxygen atoms in total. The normalized spacial score (nSPS) is 17.1. The third-order valence-electron chi connectivity index (χ3n) is 3.79. The monoisotopic (exact) mass is 360 g/mol. The molecule has 1 amide bonds. The topological polar surface area (TPSA) is 57.7 Å². The third-order valence-corrected chi connectivity index (χ3v) is 5.74. The first-order valence-corrected chi connectivity index (χ1v) is 9.18. The van der Waals surface area contributed by atoms with Crippen molar-refractivity contribution < 1.29 is 22.0 Å². The van der Waals surface area contributed by atoms with Gasteiger partial charge in [0.05, 0.1) is 0 Å². The zero-order chi connectivity index (χ0) is 18.1. The molecule has 0 unspecified atom stereocenters. The van der Waals surface area contributed by atoms with Gasteiger partial charge in [-0.25, -0.2) is 17.2 Å². The molecule has 0 saturated carbocycles. The lowest BCUT2D eigenvalue weighted by atomic mass is 9.91. The van der Waals surface area contributed by atoms with Crippen LogP contribution >= 0.6 is 0 Å². The highest BCUT2D eigenvalue weighted by molar-refractivity contribution is 7.89. The van der Waals surface area contributed by atoms with E-state index in [9.17, 15) is 22.0 Å². The molecule has 0 aliphatic carbocycles. The molecule has 1 aromatic rings. The van der Waals surface area contributed by atoms with Gasteiger partial charge in [-0.3, -0.25) is 4.79 Å². The molecule has 1 aliphatic rings. The van der Waals surface area contributed by atoms with Crippen LogP contribution in [0.25, 0.3) is 0 Å². The van der Waals surface area contributed by atoms with Crippen molar-refractivity contribution >= 4 is 15.9 Å². The summed E-state index contributed by atoms with van der Waals surface area (Å²) >= 11 is 0. The van der Waals surface area contributed by atoms with Crippen LogP contribution < -0.4 is 0 Å². The fraction of sp³-hybridized carbons (Fsp3) is 0.562. The number of hydrogen-bond acceptors (Lipinski definition) is 3. The molecule has 2 rings (SSSR count). The maximum absolute atomic E-state index is 13.8. The van der Waals surface area contributed by atoms with Crippen LogP contribution in [0.5, 0.6) is 0 Å². The summed E-state index contributed by atoms with van der Waals surface area (Å²) < 4.78 is 53.5. The first-order chi connectivity index (χ1) is 11.0. The van der Waals surface area contributed by atoms with Crippen molar-refractivity contribution in [1.82, 2.24) is 9.21 Å². The second-order valence-electron chi connectivity index (χ2n) is 7.07. The summed E-state index contributed by atoms with van der Waals surface area (Å²) in [5.74, 6) is -2.26. The van der Waals surface area contributed by atoms with E-state index in [1.165, 1.54) is 0 Å². The number of carbonyl (C=O) groups is 1. The summed E-state index contributed by atoms with van der Waals surface area (Å²) in [6.07, 6.45) is 0.363. The zero-order valence-corrected chi connectivity index (χ0v) is 14.9. The van der Waals surface area contributed by atoms with E-state index < -0.39 is 26.6 Å². The van der Waals surface area contributed by atoms with Crippen LogP contribution in [-0.2, 0) is 14.8 Å². The Bertz CT molecular complexity index is 701. The summed E-state index contributed by atoms with van der Waals surface area (Å²) in [7, 11) is -4.26. The average Bonchev–Trinajstić information content (AvgIpc) is 2.45. The van der Waals surface area contributed by atoms with Gasteiger partial charge in [0.1, 0.15) is 11.6 Å². The highest BCUT2D eigenvalue weighted by atomic mass is 32.2. The summed E-state index contributed by atoms with van der Waals surface area (Å²) in [4.78, 5) is 12.8. The van der Waals surface area contributed by atoms with Crippen LogP contribution in [0.4, 0.5) is 8.78 Å². The van der Waals surface area contributed by atoms with Crippen molar-refractivity contribution in [2.24, 2.45) is 5.41 Å². The molecule has 1 aromatic carbocycles. The Morgan fingerprint density at radius 3 is 2.04 bits per heavy atom. The molecular formula is C16H22F2N2O3S. The van der Waals surface area contributed by atoms with Crippen LogP contribution in [0.1, 0.15) is 27.2 Å². The zero-order valence-electron chi connectivity index (χ0n) is 14.1. The predicted octanol–water partition coefficient (Wildman–Crippen LogP) is 2.23. The van der Waals surface area contributed by atoms with E-state index in [1.54, 1.807) is 4.90 Å². The van der Waals surface area contributed by atoms with Gasteiger partial charge in [-0.2, -0.15) is 4.31 Å². The van der Waals surface area contributed by atoms with E-state index in [0.717, 1.165) is 22.5 Å². The van der Waals surface area contributed by atoms with Gasteiger partial charge in [-0.1, -0.05) is 26.8 Å². The quantitative estimate of drug-likeness (QED) is 0.831. The Morgan fingerprint density at radius 2 is 1.58 bits per heavy atom. The molecule has 0 aromatic heterocycles. The van der Waals surface area contributed by atoms with Crippen molar-refractivity contribution in [3.8, 4) is 0 Å². The Morgan fingerprint density at radius 1 is 1.08 bits per heavy atom. The molecule has 0 spiro atoms. The van der Waals surface area contributed by atoms with Gasteiger partial charge in [0.2, 0.25) is 15.9 Å². The molecule has 0 radical (unpaired) electrons. The van der Waals surface area contributed by atoms with E-state index in [2.05, 4.69) is 0 Å². The summed E-state index contributed by atoms with van der Waals surface area (Å²) in [5, 5.41) is 0. The lowest BCUT2D eigenvalue weighted by Crippen LogP contribution is -2.51. The van der Waals surface area contributed by atoms with Gasteiger partial charge in [0.25, 0.3) is 0 Å². The molecule has 1 fully saturated rings. The number of nitrogens with zero attached hydrogens (tertiary/aromatic N) is 2. The number of sulfonamides is 1. The maximum Gasteiger partial charge on any atom is 0.249 e. The second-order valence-corrected chi connectivity index (χ2v) is 8.95. The van der Waals surface area contributed by atoms with Crippen LogP contribution in [0.3, 0.4) is 0 Å². The van der Waals surface area contributed by atoms with Crippen molar-refractivity contribution in [3.63, 3.8) is 0 Å². The fourth-order valence-corrected chi connectivity index (χ4v) is 4.13. The molecule has 0 N–H and O–H groups in total. The minimum Gasteiger partial charge on any atom is -0.340 e. The molecule has 24 heavy (non-hydrogen) atoms. The first kappa shape index (κ1) is 18.8. The van der Waals surface area contributed by atoms with Gasteiger partial charge in [-0.05, 0) is 17.5 Å². The molecular weight excluding hydrogens is 338 g/mol. The summed E-state index contributed by atoms with van der Waals surface area (Å²) in [5.41, 5.74) is -0.156. The lowest BCUT2D eigenvalue weighted by Gasteiger charge is -2.35. The third kappa shape index (κ3) is 4.10. The van der Waals surface area contributed by atoms with E-state index in [4.69, 9.17) is 0 Å². The number of amides is 1. The fourth-order valence-electron chi connectivity index (χ4n) is 2.60. The standard InChI is InChI=1S/C16H22F2N2O3S/c1-16(2,3)11-14(21)19-7-9-20(10-8-19)24(22,23)15-12(17)5-4-6-13(15)18/h4-6H,7-11H2,1-3H3. The van der Waals surface area contributed by atoms with Crippen LogP contribution in [0, 0.1) is 17.0 Å². The predicted molar refractivity (Wildman–Crippen MR) is 85.8 cm³/mol. The van der Waals surface area contributed by atoms with Crippen LogP contribution in [0.15, 0.2) is 23.1 Å². The Balaban J connectivity index is 2.10. The van der Waals surface area contributed by atoms with Gasteiger partial charge in [-0.15, -0.1) is 0 Å². The van der Waals surface area contributed by atoms with Crippen molar-refractivity contribution in [2.45, 2.75) is 32.1 Å². The molecule has 1 heterocycles. The number of piperazine rings is 1. The SMILES string of the molecule is CC(C)(C)CC(=O)N1CCN(S(=O)(=O)c2c(F)cccc2F)CC1. The maximum atomic E-state index is 13.8. The largest absolute Gasteiger partial charge is 0.340 e. The van der Waals surface area contributed by atoms with E-state index in [0.29, 0.717) is 6.42 Å². The van der Waals surface area contributed by atoms with Crippen molar-refractivity contribution in [2.75, 3.05) is 26.2 Å². The summed E-state index contributed by atoms with van der Waals surface area (Å²) in [6.45, 7) is 6.32. The molecule has 0 atom stereocenters. The minimum absolute atomic E-state index is 0.0198. The number of benzene rings is 1. The lowest BCUT2D eigenvalue weighted by molar-refractivity contribution is -0.134. The van der Waals surface area contributed by atoms with E-state index >= 15 is 0 Å². The van der Waals surface area contributed by atoms with E-state index in [-0.39, 0.29) is 37.5 Å². The molecule has 1 aliphatic heterocycles.